The summed E-state index contributed by atoms with van der Waals surface area (Å²) in [5.74, 6) is -6.47. The van der Waals surface area contributed by atoms with Gasteiger partial charge in [0, 0.05) is 53.4 Å². The monoisotopic (exact) mass is 1250 g/mol. The number of aliphatic carboxylic acids is 1. The molecule has 0 spiro atoms. The number of sulfonamides is 1. The fourth-order valence-electron chi connectivity index (χ4n) is 11.6. The second-order valence-corrected chi connectivity index (χ2v) is 26.1. The number of amides is 8. The summed E-state index contributed by atoms with van der Waals surface area (Å²) in [5, 5.41) is 19.1. The van der Waals surface area contributed by atoms with Gasteiger partial charge in [-0.05, 0) is 79.5 Å². The number of nitrogens with one attached hydrogen (secondary N) is 5. The number of carbonyl (C=O) groups is 9. The molecule has 8 amide bonds. The number of piperidine rings is 1. The molecule has 11 atom stereocenters. The molecule has 6 N–H and O–H groups in total. The van der Waals surface area contributed by atoms with Crippen molar-refractivity contribution >= 4 is 69.1 Å². The zero-order valence-electron chi connectivity index (χ0n) is 53.0. The molecule has 25 nitrogen and oxygen atoms in total. The molecule has 1 heterocycles. The quantitative estimate of drug-likeness (QED) is 0.0521. The summed E-state index contributed by atoms with van der Waals surface area (Å²) in [7, 11) is 2.11. The molecule has 2 aromatic carbocycles. The summed E-state index contributed by atoms with van der Waals surface area (Å²) in [6, 6.07) is 10.5. The third-order valence-electron chi connectivity index (χ3n) is 16.9. The molecule has 1 saturated heterocycles. The maximum absolute atomic E-state index is 14.8. The van der Waals surface area contributed by atoms with Gasteiger partial charge in [0.15, 0.2) is 0 Å². The number of likely N-dealkylation sites (N-methyl/N-ethyl adjacent to an activating group) is 2. The van der Waals surface area contributed by atoms with Gasteiger partial charge >= 0.3 is 12.1 Å². The van der Waals surface area contributed by atoms with Gasteiger partial charge in [-0.3, -0.25) is 48.0 Å². The molecular weight excluding hydrogens is 1160 g/mol. The fourth-order valence-corrected chi connectivity index (χ4v) is 13.0. The van der Waals surface area contributed by atoms with E-state index in [2.05, 4.69) is 26.0 Å². The highest BCUT2D eigenvalue weighted by molar-refractivity contribution is 7.90. The minimum absolute atomic E-state index is 0.00653. The zero-order valence-corrected chi connectivity index (χ0v) is 53.9. The first-order chi connectivity index (χ1) is 41.6. The third kappa shape index (κ3) is 19.6. The maximum atomic E-state index is 14.8. The maximum Gasteiger partial charge on any atom is 0.410 e. The minimum Gasteiger partial charge on any atom is -0.481 e. The average molecular weight is 1260 g/mol. The summed E-state index contributed by atoms with van der Waals surface area (Å²) >= 11 is 0. The Labute approximate surface area is 517 Å². The number of benzene rings is 2. The van der Waals surface area contributed by atoms with Gasteiger partial charge in [0.2, 0.25) is 45.5 Å². The molecule has 5 unspecified atom stereocenters. The molecular formula is C62H94N8O17S. The zero-order chi connectivity index (χ0) is 65.2. The lowest BCUT2D eigenvalue weighted by atomic mass is 9.89. The van der Waals surface area contributed by atoms with Crippen LogP contribution < -0.4 is 26.0 Å². The number of nitrogens with zero attached hydrogens (tertiary/aromatic N) is 3. The van der Waals surface area contributed by atoms with Crippen LogP contribution in [0.25, 0.3) is 0 Å². The van der Waals surface area contributed by atoms with Gasteiger partial charge in [0.05, 0.1) is 74.2 Å². The Hall–Kier alpha value is -6.74. The number of hydrogen-bond acceptors (Lipinski definition) is 16. The van der Waals surface area contributed by atoms with Crippen molar-refractivity contribution in [2.75, 3.05) is 66.6 Å². The van der Waals surface area contributed by atoms with Gasteiger partial charge in [-0.25, -0.2) is 13.2 Å². The third-order valence-corrected chi connectivity index (χ3v) is 18.8. The number of carboxylic acids is 1. The molecule has 490 valence electrons. The highest BCUT2D eigenvalue weighted by Gasteiger charge is 2.69. The minimum atomic E-state index is -3.92. The van der Waals surface area contributed by atoms with Gasteiger partial charge in [-0.15, -0.1) is 0 Å². The van der Waals surface area contributed by atoms with Crippen molar-refractivity contribution in [3.8, 4) is 0 Å². The number of carbonyl (C=O) groups excluding carboxylic acids is 8. The van der Waals surface area contributed by atoms with Gasteiger partial charge < -0.3 is 59.9 Å². The Morgan fingerprint density at radius 1 is 0.727 bits per heavy atom. The SMILES string of the molecule is CC[C@H](C)C([C@@H](CC(=O)N1CCC2CC21C(OC)[C@@H](C)C(=O)NC(Cc1ccccc1)C(=O)NS(=O)(=O)C1CC1)OC)N(C)C(=O)[C@@H](NC(=O)[C@H](C(C)C)N(C)C(=O)OCc1ccc(NC(=O)[C@H](C)NC(=O)CCOCCOCCC(=O)O)cc1)C(C)C. The molecule has 3 aliphatic rings. The van der Waals surface area contributed by atoms with Crippen LogP contribution in [0.2, 0.25) is 0 Å². The molecule has 2 aromatic rings. The number of methoxy groups -OCH3 is 2. The predicted octanol–water partition coefficient (Wildman–Crippen LogP) is 4.02. The number of anilines is 1. The molecule has 2 saturated carbocycles. The second-order valence-electron chi connectivity index (χ2n) is 24.1. The van der Waals surface area contributed by atoms with E-state index < -0.39 is 128 Å². The molecule has 0 radical (unpaired) electrons. The highest BCUT2D eigenvalue weighted by atomic mass is 32.2. The lowest BCUT2D eigenvalue weighted by Crippen LogP contribution is -2.60. The van der Waals surface area contributed by atoms with E-state index in [1.54, 1.807) is 95.1 Å². The number of likely N-dealkylation sites (tertiary alicyclic amines) is 1. The summed E-state index contributed by atoms with van der Waals surface area (Å²) in [4.78, 5) is 126. The summed E-state index contributed by atoms with van der Waals surface area (Å²) in [5.41, 5.74) is 0.843. The molecule has 0 bridgehead atoms. The van der Waals surface area contributed by atoms with Crippen LogP contribution in [0.4, 0.5) is 10.5 Å². The van der Waals surface area contributed by atoms with Crippen molar-refractivity contribution in [3.05, 3.63) is 65.7 Å². The summed E-state index contributed by atoms with van der Waals surface area (Å²) in [6.45, 7) is 14.9. The first-order valence-electron chi connectivity index (χ1n) is 30.4. The average Bonchev–Trinajstić information content (AvgIpc) is 1.55. The number of hydrogen-bond donors (Lipinski definition) is 6. The molecule has 2 aliphatic carbocycles. The Morgan fingerprint density at radius 3 is 1.92 bits per heavy atom. The van der Waals surface area contributed by atoms with Crippen LogP contribution >= 0.6 is 0 Å². The van der Waals surface area contributed by atoms with Crippen molar-refractivity contribution in [1.29, 1.82) is 0 Å². The molecule has 88 heavy (non-hydrogen) atoms. The van der Waals surface area contributed by atoms with Gasteiger partial charge in [-0.2, -0.15) is 0 Å². The number of rotatable bonds is 37. The smallest absolute Gasteiger partial charge is 0.410 e. The number of ether oxygens (including phenoxy) is 5. The first kappa shape index (κ1) is 72.0. The van der Waals surface area contributed by atoms with Crippen LogP contribution in [0.15, 0.2) is 54.6 Å². The number of fused-ring (bicyclic) bond motifs is 1. The standard InChI is InChI=1S/C62H94N8O17S/c1-13-39(6)54(48(83-11)34-50(72)70-28-25-44-35-62(44,70)55(84-12)40(7)56(75)65-47(33-42-17-15-14-16-18-42)58(77)67-88(81,82)46-23-24-46)68(9)60(79)52(37(2)3)66-59(78)53(38(4)5)69(10)61(80)87-36-43-19-21-45(22-20-43)64-57(76)41(8)63-49(71)26-29-85-31-32-86-30-27-51(73)74/h14-22,37-41,44,46-48,52-55H,13,23-36H2,1-12H3,(H,63,71)(H,64,76)(H,65,75)(H,66,78)(H,67,77)(H,73,74)/t39-,40+,41-,44?,47?,48+,52-,53-,54?,55?,62?/m0/s1. The molecule has 5 rings (SSSR count). The normalized spacial score (nSPS) is 19.3. The molecule has 0 aromatic heterocycles. The van der Waals surface area contributed by atoms with E-state index in [1.807, 2.05) is 19.9 Å². The van der Waals surface area contributed by atoms with Crippen molar-refractivity contribution in [3.63, 3.8) is 0 Å². The van der Waals surface area contributed by atoms with E-state index in [0.717, 1.165) is 0 Å². The Morgan fingerprint density at radius 2 is 1.36 bits per heavy atom. The highest BCUT2D eigenvalue weighted by Crippen LogP contribution is 2.60. The van der Waals surface area contributed by atoms with Gasteiger partial charge in [0.1, 0.15) is 30.8 Å². The summed E-state index contributed by atoms with van der Waals surface area (Å²) in [6.07, 6.45) is 0.0560. The van der Waals surface area contributed by atoms with Crippen LogP contribution in [0.1, 0.15) is 118 Å². The van der Waals surface area contributed by atoms with Crippen LogP contribution in [-0.2, 0) is 85.1 Å². The van der Waals surface area contributed by atoms with E-state index in [0.29, 0.717) is 55.5 Å². The van der Waals surface area contributed by atoms with Crippen LogP contribution in [0, 0.1) is 29.6 Å². The fraction of sp³-hybridized carbons (Fsp3) is 0.661. The largest absolute Gasteiger partial charge is 0.481 e. The lowest BCUT2D eigenvalue weighted by molar-refractivity contribution is -0.149. The summed E-state index contributed by atoms with van der Waals surface area (Å²) < 4.78 is 56.2. The molecule has 3 fully saturated rings. The molecule has 1 aliphatic heterocycles. The van der Waals surface area contributed by atoms with E-state index in [9.17, 15) is 51.6 Å². The van der Waals surface area contributed by atoms with Crippen molar-refractivity contribution in [1.82, 2.24) is 35.4 Å². The van der Waals surface area contributed by atoms with Crippen molar-refractivity contribution in [2.24, 2.45) is 29.6 Å². The van der Waals surface area contributed by atoms with Crippen LogP contribution in [0.5, 0.6) is 0 Å². The molecule has 26 heteroatoms. The number of carboxylic acid groups (broad SMARTS) is 1. The van der Waals surface area contributed by atoms with Crippen LogP contribution in [0.3, 0.4) is 0 Å². The topological polar surface area (TPSA) is 324 Å². The van der Waals surface area contributed by atoms with E-state index in [4.69, 9.17) is 28.8 Å². The predicted molar refractivity (Wildman–Crippen MR) is 325 cm³/mol. The lowest BCUT2D eigenvalue weighted by Gasteiger charge is -2.41. The first-order valence-corrected chi connectivity index (χ1v) is 32.0. The Bertz CT molecular complexity index is 2820. The van der Waals surface area contributed by atoms with E-state index in [1.165, 1.54) is 38.0 Å². The Balaban J connectivity index is 1.18. The Kier molecular flexibility index (Phi) is 27.2. The van der Waals surface area contributed by atoms with Crippen molar-refractivity contribution < 1.29 is 80.4 Å². The van der Waals surface area contributed by atoms with Crippen LogP contribution in [-0.4, -0.2) is 196 Å². The van der Waals surface area contributed by atoms with Gasteiger partial charge in [0.25, 0.3) is 5.91 Å². The van der Waals surface area contributed by atoms with E-state index >= 15 is 0 Å². The van der Waals surface area contributed by atoms with E-state index in [-0.39, 0.29) is 76.5 Å². The second kappa shape index (κ2) is 33.2. The van der Waals surface area contributed by atoms with Gasteiger partial charge in [-0.1, -0.05) is 97.4 Å². The van der Waals surface area contributed by atoms with Crippen molar-refractivity contribution in [2.45, 2.75) is 173 Å².